The Morgan fingerprint density at radius 3 is 1.81 bits per heavy atom. The number of rotatable bonds is 6. The van der Waals surface area contributed by atoms with E-state index < -0.39 is 20.6 Å². The molecule has 0 spiro atoms. The molecule has 2 heterocycles. The zero-order chi connectivity index (χ0) is 11.8. The van der Waals surface area contributed by atoms with Crippen molar-refractivity contribution in [2.45, 2.75) is 6.18 Å². The molecule has 0 radical (unpaired) electrons. The van der Waals surface area contributed by atoms with Crippen LogP contribution in [0.2, 0.25) is 0 Å². The molecule has 10 heteroatoms. The van der Waals surface area contributed by atoms with Crippen LogP contribution in [0.4, 0.5) is 13.2 Å². The molecular formula is C6H10F3N2O4P. The van der Waals surface area contributed by atoms with Gasteiger partial charge in [0.2, 0.25) is 0 Å². The molecule has 0 saturated carbocycles. The number of hydrogen-bond acceptors (Lipinski definition) is 6. The van der Waals surface area contributed by atoms with E-state index in [0.717, 1.165) is 0 Å². The average Bonchev–Trinajstić information content (AvgIpc) is 2.97. The molecule has 0 bridgehead atoms. The highest BCUT2D eigenvalue weighted by molar-refractivity contribution is 7.48. The summed E-state index contributed by atoms with van der Waals surface area (Å²) >= 11 is 0. The van der Waals surface area contributed by atoms with Crippen molar-refractivity contribution in [2.24, 2.45) is 0 Å². The Morgan fingerprint density at radius 1 is 1.06 bits per heavy atom. The summed E-state index contributed by atoms with van der Waals surface area (Å²) in [5.74, 6) is 0. The van der Waals surface area contributed by atoms with Crippen LogP contribution < -0.4 is 0 Å². The summed E-state index contributed by atoms with van der Waals surface area (Å²) in [7, 11) is -4.17. The van der Waals surface area contributed by atoms with Gasteiger partial charge in [-0.05, 0) is 0 Å². The highest BCUT2D eigenvalue weighted by Crippen LogP contribution is 2.53. The van der Waals surface area contributed by atoms with E-state index in [9.17, 15) is 17.7 Å². The molecule has 0 aromatic rings. The average molecular weight is 262 g/mol. The summed E-state index contributed by atoms with van der Waals surface area (Å²) in [6, 6.07) is 0. The first-order valence-electron chi connectivity index (χ1n) is 4.57. The molecule has 0 aromatic heterocycles. The van der Waals surface area contributed by atoms with Gasteiger partial charge in [-0.2, -0.15) is 32.5 Å². The lowest BCUT2D eigenvalue weighted by molar-refractivity contribution is -0.165. The lowest BCUT2D eigenvalue weighted by Crippen LogP contribution is -2.18. The Hall–Kier alpha value is -0.180. The minimum Gasteiger partial charge on any atom is -0.275 e. The smallest absolute Gasteiger partial charge is 0.275 e. The van der Waals surface area contributed by atoms with E-state index in [1.807, 2.05) is 0 Å². The van der Waals surface area contributed by atoms with Gasteiger partial charge in [0, 0.05) is 26.2 Å². The zero-order valence-electron chi connectivity index (χ0n) is 8.14. The van der Waals surface area contributed by atoms with Crippen molar-refractivity contribution in [3.8, 4) is 0 Å². The predicted octanol–water partition coefficient (Wildman–Crippen LogP) is 1.17. The van der Waals surface area contributed by atoms with Crippen molar-refractivity contribution >= 4 is 7.82 Å². The molecule has 0 amide bonds. The Bertz CT molecular complexity index is 287. The van der Waals surface area contributed by atoms with Gasteiger partial charge in [-0.3, -0.25) is 4.52 Å². The van der Waals surface area contributed by atoms with Gasteiger partial charge in [0.1, 0.15) is 0 Å². The molecule has 2 fully saturated rings. The van der Waals surface area contributed by atoms with Crippen LogP contribution in [0.15, 0.2) is 0 Å². The number of hydrogen-bond donors (Lipinski definition) is 0. The highest BCUT2D eigenvalue weighted by Gasteiger charge is 2.43. The quantitative estimate of drug-likeness (QED) is 0.529. The first-order valence-corrected chi connectivity index (χ1v) is 6.03. The normalized spacial score (nSPS) is 22.4. The number of alkyl halides is 3. The molecule has 0 aromatic carbocycles. The van der Waals surface area contributed by atoms with Crippen LogP contribution in [-0.2, 0) is 18.3 Å². The van der Waals surface area contributed by atoms with Crippen LogP contribution in [0.25, 0.3) is 0 Å². The second-order valence-corrected chi connectivity index (χ2v) is 4.84. The van der Waals surface area contributed by atoms with Crippen LogP contribution in [-0.4, -0.2) is 49.1 Å². The summed E-state index contributed by atoms with van der Waals surface area (Å²) < 4.78 is 61.0. The fourth-order valence-electron chi connectivity index (χ4n) is 0.742. The fourth-order valence-corrected chi connectivity index (χ4v) is 2.06. The Morgan fingerprint density at radius 2 is 1.50 bits per heavy atom. The van der Waals surface area contributed by atoms with E-state index in [0.29, 0.717) is 26.2 Å². The molecule has 2 aliphatic heterocycles. The molecule has 94 valence electrons. The van der Waals surface area contributed by atoms with Gasteiger partial charge < -0.3 is 0 Å². The van der Waals surface area contributed by atoms with Gasteiger partial charge in [0.15, 0.2) is 6.61 Å². The topological polar surface area (TPSA) is 50.8 Å². The van der Waals surface area contributed by atoms with Gasteiger partial charge in [-0.15, -0.1) is 0 Å². The van der Waals surface area contributed by atoms with Crippen molar-refractivity contribution in [3.05, 3.63) is 0 Å². The van der Waals surface area contributed by atoms with Crippen molar-refractivity contribution < 1.29 is 31.5 Å². The summed E-state index contributed by atoms with van der Waals surface area (Å²) in [5, 5.41) is 2.42. The van der Waals surface area contributed by atoms with E-state index in [1.54, 1.807) is 0 Å². The molecule has 0 aliphatic carbocycles. The summed E-state index contributed by atoms with van der Waals surface area (Å²) in [5.41, 5.74) is 0. The Labute approximate surface area is 89.4 Å². The molecular weight excluding hydrogens is 252 g/mol. The maximum Gasteiger partial charge on any atom is 0.508 e. The molecule has 2 aliphatic rings. The molecule has 2 rings (SSSR count). The maximum atomic E-state index is 11.9. The third-order valence-corrected chi connectivity index (χ3v) is 2.94. The van der Waals surface area contributed by atoms with Gasteiger partial charge in [-0.25, -0.2) is 4.57 Å². The maximum absolute atomic E-state index is 11.9. The standard InChI is InChI=1S/C6H10F3N2O4P/c7-6(8,9)5-13-16(12,14-10-1-2-10)15-11-3-4-11/h1-5H2. The Kier molecular flexibility index (Phi) is 3.26. The van der Waals surface area contributed by atoms with Crippen molar-refractivity contribution in [3.63, 3.8) is 0 Å². The molecule has 0 N–H and O–H groups in total. The van der Waals surface area contributed by atoms with E-state index in [2.05, 4.69) is 4.52 Å². The van der Waals surface area contributed by atoms with Gasteiger partial charge in [-0.1, -0.05) is 0 Å². The molecule has 0 unspecified atom stereocenters. The van der Waals surface area contributed by atoms with Crippen molar-refractivity contribution in [2.75, 3.05) is 32.8 Å². The minimum atomic E-state index is -4.57. The summed E-state index contributed by atoms with van der Waals surface area (Å²) in [4.78, 5) is 0. The first-order chi connectivity index (χ1) is 7.36. The third-order valence-electron chi connectivity index (χ3n) is 1.63. The van der Waals surface area contributed by atoms with E-state index in [1.165, 1.54) is 10.1 Å². The van der Waals surface area contributed by atoms with Crippen molar-refractivity contribution in [1.82, 2.24) is 10.1 Å². The number of halogens is 3. The lowest BCUT2D eigenvalue weighted by Gasteiger charge is -2.17. The largest absolute Gasteiger partial charge is 0.508 e. The third kappa shape index (κ3) is 4.36. The zero-order valence-corrected chi connectivity index (χ0v) is 9.04. The first kappa shape index (κ1) is 12.3. The van der Waals surface area contributed by atoms with Gasteiger partial charge in [0.05, 0.1) is 0 Å². The summed E-state index contributed by atoms with van der Waals surface area (Å²) in [6.07, 6.45) is -4.57. The highest BCUT2D eigenvalue weighted by atomic mass is 31.2. The molecule has 2 saturated heterocycles. The van der Waals surface area contributed by atoms with Crippen LogP contribution in [0.5, 0.6) is 0 Å². The van der Waals surface area contributed by atoms with E-state index in [-0.39, 0.29) is 0 Å². The van der Waals surface area contributed by atoms with Crippen molar-refractivity contribution in [1.29, 1.82) is 0 Å². The molecule has 6 nitrogen and oxygen atoms in total. The lowest BCUT2D eigenvalue weighted by atomic mass is 10.7. The number of phosphoric acid groups is 1. The van der Waals surface area contributed by atoms with Crippen LogP contribution in [0, 0.1) is 0 Å². The number of hydroxylamine groups is 4. The number of nitrogens with zero attached hydrogens (tertiary/aromatic N) is 2. The fraction of sp³-hybridized carbons (Fsp3) is 1.00. The van der Waals surface area contributed by atoms with E-state index >= 15 is 0 Å². The predicted molar refractivity (Wildman–Crippen MR) is 44.9 cm³/mol. The van der Waals surface area contributed by atoms with Crippen LogP contribution in [0.3, 0.4) is 0 Å². The van der Waals surface area contributed by atoms with Gasteiger partial charge >= 0.3 is 14.0 Å². The van der Waals surface area contributed by atoms with Gasteiger partial charge in [0.25, 0.3) is 0 Å². The van der Waals surface area contributed by atoms with Crippen LogP contribution in [0.1, 0.15) is 0 Å². The molecule has 16 heavy (non-hydrogen) atoms. The monoisotopic (exact) mass is 262 g/mol. The van der Waals surface area contributed by atoms with E-state index in [4.69, 9.17) is 9.25 Å². The Balaban J connectivity index is 1.86. The molecule has 0 atom stereocenters. The summed E-state index contributed by atoms with van der Waals surface area (Å²) in [6.45, 7) is 0.350. The van der Waals surface area contributed by atoms with Crippen LogP contribution >= 0.6 is 7.82 Å². The second-order valence-electron chi connectivity index (χ2n) is 3.36. The minimum absolute atomic E-state index is 0.503. The SMILES string of the molecule is O=P(OCC(F)(F)F)(ON1CC1)ON1CC1. The second kappa shape index (κ2) is 4.25.